The van der Waals surface area contributed by atoms with Gasteiger partial charge < -0.3 is 0 Å². The van der Waals surface area contributed by atoms with Gasteiger partial charge in [0.05, 0.1) is 5.69 Å². The molecule has 0 spiro atoms. The number of rotatable bonds is 2. The molecule has 0 aliphatic rings. The lowest BCUT2D eigenvalue weighted by Gasteiger charge is -1.99. The molecule has 0 saturated heterocycles. The molecule has 0 aliphatic carbocycles. The summed E-state index contributed by atoms with van der Waals surface area (Å²) >= 11 is 0. The molecule has 0 N–H and O–H groups in total. The van der Waals surface area contributed by atoms with Crippen LogP contribution in [0.25, 0.3) is 11.3 Å². The molecule has 0 radical (unpaired) electrons. The van der Waals surface area contributed by atoms with Gasteiger partial charge in [-0.1, -0.05) is 6.92 Å². The Kier molecular flexibility index (Phi) is 2.31. The van der Waals surface area contributed by atoms with E-state index in [9.17, 15) is 0 Å². The lowest BCUT2D eigenvalue weighted by Crippen LogP contribution is -1.89. The quantitative estimate of drug-likeness (QED) is 0.720. The Labute approximate surface area is 83.4 Å². The van der Waals surface area contributed by atoms with Crippen LogP contribution < -0.4 is 0 Å². The average molecular weight is 187 g/mol. The summed E-state index contributed by atoms with van der Waals surface area (Å²) in [4.78, 5) is 4.19. The predicted octanol–water partition coefficient (Wildman–Crippen LogP) is 2.04. The molecule has 0 aromatic carbocycles. The van der Waals surface area contributed by atoms with E-state index in [1.165, 1.54) is 5.56 Å². The standard InChI is InChI=1S/C11H13N3/c1-3-9-6-10(8-12-7-9)11-4-5-14(2)13-11/h4-8H,3H2,1-2H3. The summed E-state index contributed by atoms with van der Waals surface area (Å²) in [6.07, 6.45) is 6.69. The number of hydrogen-bond acceptors (Lipinski definition) is 2. The van der Waals surface area contributed by atoms with Gasteiger partial charge in [0, 0.05) is 31.2 Å². The topological polar surface area (TPSA) is 30.7 Å². The van der Waals surface area contributed by atoms with E-state index in [-0.39, 0.29) is 0 Å². The van der Waals surface area contributed by atoms with Gasteiger partial charge in [0.1, 0.15) is 0 Å². The first-order valence-electron chi connectivity index (χ1n) is 4.73. The highest BCUT2D eigenvalue weighted by molar-refractivity contribution is 5.57. The Morgan fingerprint density at radius 3 is 2.86 bits per heavy atom. The molecule has 0 aliphatic heterocycles. The lowest BCUT2D eigenvalue weighted by molar-refractivity contribution is 0.770. The van der Waals surface area contributed by atoms with Crippen LogP contribution in [-0.4, -0.2) is 14.8 Å². The van der Waals surface area contributed by atoms with Gasteiger partial charge in [-0.3, -0.25) is 9.67 Å². The lowest BCUT2D eigenvalue weighted by atomic mass is 10.1. The van der Waals surface area contributed by atoms with Crippen LogP contribution in [0.15, 0.2) is 30.7 Å². The molecule has 0 saturated carbocycles. The fraction of sp³-hybridized carbons (Fsp3) is 0.273. The monoisotopic (exact) mass is 187 g/mol. The average Bonchev–Trinajstić information content (AvgIpc) is 2.65. The second kappa shape index (κ2) is 3.62. The first-order valence-corrected chi connectivity index (χ1v) is 4.73. The molecule has 0 fully saturated rings. The molecule has 0 bridgehead atoms. The van der Waals surface area contributed by atoms with Crippen LogP contribution in [-0.2, 0) is 13.5 Å². The molecule has 3 nitrogen and oxygen atoms in total. The second-order valence-corrected chi connectivity index (χ2v) is 3.31. The number of hydrogen-bond donors (Lipinski definition) is 0. The first kappa shape index (κ1) is 8.94. The SMILES string of the molecule is CCc1cncc(-c2ccn(C)n2)c1. The minimum absolute atomic E-state index is 0.982. The summed E-state index contributed by atoms with van der Waals surface area (Å²) < 4.78 is 1.80. The van der Waals surface area contributed by atoms with Crippen LogP contribution in [0.3, 0.4) is 0 Å². The Bertz CT molecular complexity index is 432. The van der Waals surface area contributed by atoms with Gasteiger partial charge in [0.2, 0.25) is 0 Å². The summed E-state index contributed by atoms with van der Waals surface area (Å²) in [5.41, 5.74) is 3.31. The zero-order valence-electron chi connectivity index (χ0n) is 8.44. The van der Waals surface area contributed by atoms with Crippen molar-refractivity contribution in [2.45, 2.75) is 13.3 Å². The number of aromatic nitrogens is 3. The fourth-order valence-electron chi connectivity index (χ4n) is 1.39. The largest absolute Gasteiger partial charge is 0.275 e. The third kappa shape index (κ3) is 1.66. The zero-order chi connectivity index (χ0) is 9.97. The van der Waals surface area contributed by atoms with Crippen molar-refractivity contribution in [2.75, 3.05) is 0 Å². The summed E-state index contributed by atoms with van der Waals surface area (Å²) in [5, 5.41) is 4.33. The summed E-state index contributed by atoms with van der Waals surface area (Å²) in [7, 11) is 1.92. The number of nitrogens with zero attached hydrogens (tertiary/aromatic N) is 3. The minimum atomic E-state index is 0.982. The van der Waals surface area contributed by atoms with Crippen LogP contribution >= 0.6 is 0 Å². The maximum Gasteiger partial charge on any atom is 0.0938 e. The maximum atomic E-state index is 4.33. The van der Waals surface area contributed by atoms with Crippen molar-refractivity contribution in [3.8, 4) is 11.3 Å². The normalized spacial score (nSPS) is 10.4. The van der Waals surface area contributed by atoms with Crippen LogP contribution in [0.5, 0.6) is 0 Å². The Hall–Kier alpha value is -1.64. The van der Waals surface area contributed by atoms with E-state index in [0.717, 1.165) is 17.7 Å². The second-order valence-electron chi connectivity index (χ2n) is 3.31. The van der Waals surface area contributed by atoms with Crippen LogP contribution in [0.2, 0.25) is 0 Å². The molecular formula is C11H13N3. The van der Waals surface area contributed by atoms with E-state index < -0.39 is 0 Å². The van der Waals surface area contributed by atoms with Gasteiger partial charge in [-0.25, -0.2) is 0 Å². The summed E-state index contributed by atoms with van der Waals surface area (Å²) in [5.74, 6) is 0. The predicted molar refractivity (Wildman–Crippen MR) is 55.8 cm³/mol. The van der Waals surface area contributed by atoms with Gasteiger partial charge >= 0.3 is 0 Å². The molecule has 2 heterocycles. The van der Waals surface area contributed by atoms with Gasteiger partial charge in [0.15, 0.2) is 0 Å². The van der Waals surface area contributed by atoms with Crippen molar-refractivity contribution in [2.24, 2.45) is 7.05 Å². The molecule has 14 heavy (non-hydrogen) atoms. The molecule has 0 unspecified atom stereocenters. The van der Waals surface area contributed by atoms with E-state index in [1.807, 2.05) is 31.7 Å². The Morgan fingerprint density at radius 2 is 2.21 bits per heavy atom. The first-order chi connectivity index (χ1) is 6.79. The highest BCUT2D eigenvalue weighted by atomic mass is 15.2. The summed E-state index contributed by atoms with van der Waals surface area (Å²) in [6.45, 7) is 2.12. The van der Waals surface area contributed by atoms with E-state index in [2.05, 4.69) is 23.1 Å². The van der Waals surface area contributed by atoms with E-state index in [1.54, 1.807) is 4.68 Å². The Balaban J connectivity index is 2.41. The highest BCUT2D eigenvalue weighted by Crippen LogP contribution is 2.16. The third-order valence-electron chi connectivity index (χ3n) is 2.21. The third-order valence-corrected chi connectivity index (χ3v) is 2.21. The summed E-state index contributed by atoms with van der Waals surface area (Å²) in [6, 6.07) is 4.13. The van der Waals surface area contributed by atoms with E-state index in [4.69, 9.17) is 0 Å². The van der Waals surface area contributed by atoms with Gasteiger partial charge in [0.25, 0.3) is 0 Å². The maximum absolute atomic E-state index is 4.33. The highest BCUT2D eigenvalue weighted by Gasteiger charge is 2.01. The molecule has 0 atom stereocenters. The molecule has 0 amide bonds. The minimum Gasteiger partial charge on any atom is -0.275 e. The number of pyridine rings is 1. The molecule has 2 aromatic heterocycles. The van der Waals surface area contributed by atoms with Crippen LogP contribution in [0.1, 0.15) is 12.5 Å². The van der Waals surface area contributed by atoms with Gasteiger partial charge in [-0.05, 0) is 24.1 Å². The van der Waals surface area contributed by atoms with Crippen LogP contribution in [0, 0.1) is 0 Å². The molecular weight excluding hydrogens is 174 g/mol. The van der Waals surface area contributed by atoms with Crippen molar-refractivity contribution >= 4 is 0 Å². The van der Waals surface area contributed by atoms with Gasteiger partial charge in [-0.15, -0.1) is 0 Å². The fourth-order valence-corrected chi connectivity index (χ4v) is 1.39. The van der Waals surface area contributed by atoms with Gasteiger partial charge in [-0.2, -0.15) is 5.10 Å². The molecule has 2 rings (SSSR count). The van der Waals surface area contributed by atoms with Crippen molar-refractivity contribution in [3.63, 3.8) is 0 Å². The number of aryl methyl sites for hydroxylation is 2. The molecule has 2 aromatic rings. The molecule has 72 valence electrons. The van der Waals surface area contributed by atoms with Crippen molar-refractivity contribution in [1.82, 2.24) is 14.8 Å². The zero-order valence-corrected chi connectivity index (χ0v) is 8.44. The van der Waals surface area contributed by atoms with Crippen LogP contribution in [0.4, 0.5) is 0 Å². The van der Waals surface area contributed by atoms with E-state index in [0.29, 0.717) is 0 Å². The smallest absolute Gasteiger partial charge is 0.0938 e. The van der Waals surface area contributed by atoms with Crippen molar-refractivity contribution in [1.29, 1.82) is 0 Å². The Morgan fingerprint density at radius 1 is 1.36 bits per heavy atom. The van der Waals surface area contributed by atoms with Crippen molar-refractivity contribution < 1.29 is 0 Å². The molecule has 3 heteroatoms. The van der Waals surface area contributed by atoms with Crippen molar-refractivity contribution in [3.05, 3.63) is 36.3 Å². The van der Waals surface area contributed by atoms with E-state index >= 15 is 0 Å².